The second-order valence-electron chi connectivity index (χ2n) is 9.72. The van der Waals surface area contributed by atoms with Crippen LogP contribution in [0.5, 0.6) is 0 Å². The molecule has 0 bridgehead atoms. The molecule has 0 spiro atoms. The molecular weight excluding hydrogens is 444 g/mol. The maximum Gasteiger partial charge on any atom is 0.305 e. The van der Waals surface area contributed by atoms with Crippen molar-refractivity contribution in [2.45, 2.75) is 135 Å². The fourth-order valence-corrected chi connectivity index (χ4v) is 3.95. The summed E-state index contributed by atoms with van der Waals surface area (Å²) in [6, 6.07) is 0. The molecule has 0 heterocycles. The van der Waals surface area contributed by atoms with E-state index in [1.54, 1.807) is 0 Å². The second-order valence-corrected chi connectivity index (χ2v) is 9.72. The van der Waals surface area contributed by atoms with Crippen LogP contribution < -0.4 is 0 Å². The molecule has 0 aromatic heterocycles. The van der Waals surface area contributed by atoms with Crippen molar-refractivity contribution >= 4 is 5.97 Å². The van der Waals surface area contributed by atoms with E-state index in [1.165, 1.54) is 83.5 Å². The van der Waals surface area contributed by atoms with Gasteiger partial charge in [-0.05, 0) is 64.2 Å². The second kappa shape index (κ2) is 31.4. The first-order chi connectivity index (χ1) is 17.8. The molecule has 0 saturated carbocycles. The molecule has 0 aliphatic carbocycles. The Hall–Kier alpha value is -1.61. The third-order valence-electron chi connectivity index (χ3n) is 6.20. The van der Waals surface area contributed by atoms with Crippen LogP contribution in [0.2, 0.25) is 0 Å². The lowest BCUT2D eigenvalue weighted by molar-refractivity contribution is -0.145. The smallest absolute Gasteiger partial charge is 0.305 e. The van der Waals surface area contributed by atoms with Crippen LogP contribution in [0.15, 0.2) is 49.1 Å². The molecule has 0 radical (unpaired) electrons. The van der Waals surface area contributed by atoms with Gasteiger partial charge in [-0.25, -0.2) is 0 Å². The van der Waals surface area contributed by atoms with Gasteiger partial charge >= 0.3 is 5.97 Å². The van der Waals surface area contributed by atoms with Gasteiger partial charge in [0.2, 0.25) is 0 Å². The lowest BCUT2D eigenvalue weighted by atomic mass is 10.1. The highest BCUT2D eigenvalue weighted by Gasteiger charge is 2.02. The van der Waals surface area contributed by atoms with Crippen molar-refractivity contribution in [2.24, 2.45) is 0 Å². The normalized spacial score (nSPS) is 11.8. The summed E-state index contributed by atoms with van der Waals surface area (Å²) in [6.45, 7) is 7.64. The topological polar surface area (TPSA) is 35.5 Å². The van der Waals surface area contributed by atoms with Crippen molar-refractivity contribution in [3.05, 3.63) is 49.1 Å². The van der Waals surface area contributed by atoms with Crippen molar-refractivity contribution in [3.63, 3.8) is 0 Å². The van der Waals surface area contributed by atoms with E-state index < -0.39 is 0 Å². The number of carbonyl (C=O) groups is 1. The number of hydrogen-bond donors (Lipinski definition) is 0. The summed E-state index contributed by atoms with van der Waals surface area (Å²) >= 11 is 0. The van der Waals surface area contributed by atoms with Crippen LogP contribution in [0.25, 0.3) is 0 Å². The lowest BCUT2D eigenvalue weighted by Gasteiger charge is -2.06. The third kappa shape index (κ3) is 30.4. The molecule has 0 aliphatic rings. The predicted molar refractivity (Wildman–Crippen MR) is 157 cm³/mol. The van der Waals surface area contributed by atoms with E-state index in [1.807, 2.05) is 6.08 Å². The molecule has 0 aromatic carbocycles. The minimum absolute atomic E-state index is 0.0836. The van der Waals surface area contributed by atoms with Crippen LogP contribution in [0, 0.1) is 0 Å². The summed E-state index contributed by atoms with van der Waals surface area (Å²) in [5, 5.41) is 0. The molecule has 0 rings (SSSR count). The molecule has 0 saturated heterocycles. The Balaban J connectivity index is 3.23. The molecule has 0 aliphatic heterocycles. The molecule has 0 fully saturated rings. The number of carbonyl (C=O) groups excluding carboxylic acids is 1. The Labute approximate surface area is 224 Å². The van der Waals surface area contributed by atoms with Crippen molar-refractivity contribution < 1.29 is 14.3 Å². The summed E-state index contributed by atoms with van der Waals surface area (Å²) in [7, 11) is 0. The highest BCUT2D eigenvalue weighted by molar-refractivity contribution is 5.69. The molecule has 0 N–H and O–H groups in total. The molecule has 0 amide bonds. The van der Waals surface area contributed by atoms with Gasteiger partial charge in [0.1, 0.15) is 6.61 Å². The number of unbranched alkanes of at least 4 members (excludes halogenated alkanes) is 14. The first-order valence-corrected chi connectivity index (χ1v) is 15.1. The molecule has 0 atom stereocenters. The van der Waals surface area contributed by atoms with E-state index in [2.05, 4.69) is 50.0 Å². The monoisotopic (exact) mass is 502 g/mol. The molecule has 0 aromatic rings. The largest absolute Gasteiger partial charge is 0.463 e. The number of rotatable bonds is 28. The van der Waals surface area contributed by atoms with Gasteiger partial charge < -0.3 is 9.47 Å². The van der Waals surface area contributed by atoms with Crippen molar-refractivity contribution in [1.82, 2.24) is 0 Å². The fraction of sp³-hybridized carbons (Fsp3) is 0.727. The average Bonchev–Trinajstić information content (AvgIpc) is 2.88. The highest BCUT2D eigenvalue weighted by Crippen LogP contribution is 2.09. The Morgan fingerprint density at radius 2 is 1.11 bits per heavy atom. The van der Waals surface area contributed by atoms with Gasteiger partial charge in [0, 0.05) is 13.0 Å². The molecule has 3 nitrogen and oxygen atoms in total. The van der Waals surface area contributed by atoms with E-state index in [-0.39, 0.29) is 5.97 Å². The van der Waals surface area contributed by atoms with Crippen LogP contribution in [0.3, 0.4) is 0 Å². The van der Waals surface area contributed by atoms with Crippen LogP contribution >= 0.6 is 0 Å². The van der Waals surface area contributed by atoms with Gasteiger partial charge in [0.25, 0.3) is 0 Å². The van der Waals surface area contributed by atoms with Crippen LogP contribution in [0.1, 0.15) is 135 Å². The zero-order valence-corrected chi connectivity index (χ0v) is 23.7. The van der Waals surface area contributed by atoms with Crippen LogP contribution in [-0.4, -0.2) is 25.8 Å². The summed E-state index contributed by atoms with van der Waals surface area (Å²) < 4.78 is 10.9. The lowest BCUT2D eigenvalue weighted by Crippen LogP contribution is -2.10. The summed E-state index contributed by atoms with van der Waals surface area (Å²) in [4.78, 5) is 11.8. The van der Waals surface area contributed by atoms with E-state index in [0.717, 1.165) is 45.1 Å². The number of hydrogen-bond acceptors (Lipinski definition) is 3. The summed E-state index contributed by atoms with van der Waals surface area (Å²) in [5.41, 5.74) is 0. The summed E-state index contributed by atoms with van der Waals surface area (Å²) in [6.07, 6.45) is 39.0. The standard InChI is InChI=1S/C33H58O3/c1-3-5-7-9-11-13-15-16-17-18-19-20-22-24-26-28-30-35-31-32-36-33(34)29-27-25-23-21-14-12-10-8-6-4-2/h4,8,10-11,13,16-17H,2-3,5-7,9,12,14-15,18-32H2,1H3/b10-8+,13-11+,17-16+. The average molecular weight is 503 g/mol. The van der Waals surface area contributed by atoms with Gasteiger partial charge in [-0.15, -0.1) is 6.58 Å². The van der Waals surface area contributed by atoms with Gasteiger partial charge in [-0.1, -0.05) is 107 Å². The number of allylic oxidation sites excluding steroid dienone is 7. The Kier molecular flexibility index (Phi) is 30.0. The molecule has 3 heteroatoms. The van der Waals surface area contributed by atoms with E-state index in [0.29, 0.717) is 19.6 Å². The minimum atomic E-state index is -0.0836. The molecule has 208 valence electrons. The van der Waals surface area contributed by atoms with Gasteiger partial charge in [-0.2, -0.15) is 0 Å². The summed E-state index contributed by atoms with van der Waals surface area (Å²) in [5.74, 6) is -0.0836. The maximum atomic E-state index is 11.8. The quantitative estimate of drug-likeness (QED) is 0.0606. The first-order valence-electron chi connectivity index (χ1n) is 15.1. The van der Waals surface area contributed by atoms with Crippen LogP contribution in [0.4, 0.5) is 0 Å². The highest BCUT2D eigenvalue weighted by atomic mass is 16.6. The fourth-order valence-electron chi connectivity index (χ4n) is 3.95. The number of esters is 1. The maximum absolute atomic E-state index is 11.8. The number of ether oxygens (including phenoxy) is 2. The van der Waals surface area contributed by atoms with Crippen molar-refractivity contribution in [3.8, 4) is 0 Å². The predicted octanol–water partition coefficient (Wildman–Crippen LogP) is 10.2. The SMILES string of the molecule is C=CC/C=C/CCCCCCCC(=O)OCCOCCCCCCCC/C=C/C/C=C/CCCCC. The van der Waals surface area contributed by atoms with Crippen LogP contribution in [-0.2, 0) is 14.3 Å². The molecular formula is C33H58O3. The van der Waals surface area contributed by atoms with Gasteiger partial charge in [0.15, 0.2) is 0 Å². The van der Waals surface area contributed by atoms with Crippen molar-refractivity contribution in [2.75, 3.05) is 19.8 Å². The molecule has 36 heavy (non-hydrogen) atoms. The van der Waals surface area contributed by atoms with E-state index >= 15 is 0 Å². The van der Waals surface area contributed by atoms with E-state index in [4.69, 9.17) is 9.47 Å². The zero-order valence-electron chi connectivity index (χ0n) is 23.7. The zero-order chi connectivity index (χ0) is 26.2. The Bertz CT molecular complexity index is 547. The first kappa shape index (κ1) is 34.4. The van der Waals surface area contributed by atoms with Gasteiger partial charge in [0.05, 0.1) is 6.61 Å². The molecule has 0 unspecified atom stereocenters. The van der Waals surface area contributed by atoms with Crippen molar-refractivity contribution in [1.29, 1.82) is 0 Å². The minimum Gasteiger partial charge on any atom is -0.463 e. The Morgan fingerprint density at radius 3 is 1.72 bits per heavy atom. The third-order valence-corrected chi connectivity index (χ3v) is 6.20. The van der Waals surface area contributed by atoms with Gasteiger partial charge in [-0.3, -0.25) is 4.79 Å². The Morgan fingerprint density at radius 1 is 0.583 bits per heavy atom. The van der Waals surface area contributed by atoms with E-state index in [9.17, 15) is 4.79 Å².